The summed E-state index contributed by atoms with van der Waals surface area (Å²) in [5.41, 5.74) is 32.9. The Morgan fingerprint density at radius 1 is 0.278 bits per heavy atom. The van der Waals surface area contributed by atoms with Crippen molar-refractivity contribution in [3.05, 3.63) is 293 Å². The van der Waals surface area contributed by atoms with Crippen LogP contribution >= 0.6 is 0 Å². The second-order valence-corrected chi connectivity index (χ2v) is 20.7. The molecule has 0 atom stereocenters. The highest BCUT2D eigenvalue weighted by Gasteiger charge is 2.54. The quantitative estimate of drug-likeness (QED) is 0.160. The minimum absolute atomic E-state index is 0.0343. The average molecular weight is 911 g/mol. The van der Waals surface area contributed by atoms with Crippen molar-refractivity contribution in [1.82, 2.24) is 0 Å². The molecule has 332 valence electrons. The molecule has 72 heavy (non-hydrogen) atoms. The number of anilines is 6. The van der Waals surface area contributed by atoms with E-state index in [0.717, 1.165) is 0 Å². The van der Waals surface area contributed by atoms with E-state index in [0.29, 0.717) is 0 Å². The average Bonchev–Trinajstić information content (AvgIpc) is 4.12. The van der Waals surface area contributed by atoms with Crippen molar-refractivity contribution in [1.29, 1.82) is 0 Å². The molecule has 0 fully saturated rings. The van der Waals surface area contributed by atoms with Crippen LogP contribution in [0.5, 0.6) is 0 Å². The lowest BCUT2D eigenvalue weighted by Crippen LogP contribution is -2.61. The molecule has 0 N–H and O–H groups in total. The first kappa shape index (κ1) is 38.9. The molecule has 4 aliphatic carbocycles. The third kappa shape index (κ3) is 4.51. The highest BCUT2D eigenvalue weighted by molar-refractivity contribution is 7.00. The molecule has 0 saturated heterocycles. The van der Waals surface area contributed by atoms with E-state index in [9.17, 15) is 0 Å². The second-order valence-electron chi connectivity index (χ2n) is 20.7. The topological polar surface area (TPSA) is 6.48 Å². The van der Waals surface area contributed by atoms with Gasteiger partial charge < -0.3 is 9.80 Å². The maximum atomic E-state index is 2.58. The predicted octanol–water partition coefficient (Wildman–Crippen LogP) is 14.8. The zero-order valence-electron chi connectivity index (χ0n) is 39.6. The molecule has 0 unspecified atom stereocenters. The first-order chi connectivity index (χ1) is 35.7. The van der Waals surface area contributed by atoms with Crippen molar-refractivity contribution >= 4 is 57.2 Å². The van der Waals surface area contributed by atoms with Crippen LogP contribution in [0.4, 0.5) is 34.1 Å². The van der Waals surface area contributed by atoms with Gasteiger partial charge in [-0.1, -0.05) is 200 Å². The van der Waals surface area contributed by atoms with Crippen molar-refractivity contribution in [3.63, 3.8) is 0 Å². The van der Waals surface area contributed by atoms with E-state index in [1.807, 2.05) is 0 Å². The fourth-order valence-electron chi connectivity index (χ4n) is 15.0. The fraction of sp³-hybridized carbons (Fsp3) is 0.0435. The summed E-state index contributed by atoms with van der Waals surface area (Å²) in [7, 11) is 0. The van der Waals surface area contributed by atoms with Gasteiger partial charge in [-0.05, 0) is 161 Å². The lowest BCUT2D eigenvalue weighted by Gasteiger charge is -2.44. The van der Waals surface area contributed by atoms with E-state index in [4.69, 9.17) is 0 Å². The number of para-hydroxylation sites is 1. The highest BCUT2D eigenvalue weighted by atomic mass is 15.2. The van der Waals surface area contributed by atoms with Crippen LogP contribution < -0.4 is 26.2 Å². The monoisotopic (exact) mass is 910 g/mol. The zero-order valence-corrected chi connectivity index (χ0v) is 39.6. The summed E-state index contributed by atoms with van der Waals surface area (Å²) in [6.45, 7) is 2.28. The summed E-state index contributed by atoms with van der Waals surface area (Å²) in [4.78, 5) is 5.16. The van der Waals surface area contributed by atoms with Gasteiger partial charge in [-0.25, -0.2) is 0 Å². The summed E-state index contributed by atoms with van der Waals surface area (Å²) in [6, 6.07) is 92.8. The Kier molecular flexibility index (Phi) is 7.39. The molecule has 2 aliphatic heterocycles. The fourth-order valence-corrected chi connectivity index (χ4v) is 15.0. The Hall–Kier alpha value is -8.92. The predicted molar refractivity (Wildman–Crippen MR) is 298 cm³/mol. The Morgan fingerprint density at radius 3 is 1.06 bits per heavy atom. The standard InChI is InChI=1S/C69H43BN2/c1-42-33-38-64-62(39-42)70-61-29-14-15-30-63(61)71(43-34-36-51-49-21-6-12-27-57(49)68(59(51)40-43)53-23-8-2-17-45(53)46-18-3-9-24-54(46)68)65-31-16-32-66(67(65)70)72(64)44-35-37-52-50-22-7-13-28-58(50)69(60(52)41-44)55-25-10-4-19-47(55)48-20-5-11-26-56(48)69/h2-41H,1H3. The minimum atomic E-state index is -0.444. The van der Waals surface area contributed by atoms with E-state index >= 15 is 0 Å². The second kappa shape index (κ2) is 13.7. The molecule has 6 aliphatic rings. The molecule has 0 bridgehead atoms. The van der Waals surface area contributed by atoms with Crippen molar-refractivity contribution in [3.8, 4) is 44.5 Å². The largest absolute Gasteiger partial charge is 0.311 e. The normalized spacial score (nSPS) is 15.2. The summed E-state index contributed by atoms with van der Waals surface area (Å²) >= 11 is 0. The van der Waals surface area contributed by atoms with Crippen LogP contribution in [-0.2, 0) is 10.8 Å². The maximum absolute atomic E-state index is 2.58. The Balaban J connectivity index is 0.905. The lowest BCUT2D eigenvalue weighted by molar-refractivity contribution is 0.793. The third-order valence-electron chi connectivity index (χ3n) is 17.5. The van der Waals surface area contributed by atoms with Gasteiger partial charge in [0.25, 0.3) is 6.71 Å². The van der Waals surface area contributed by atoms with Crippen molar-refractivity contribution in [2.45, 2.75) is 17.8 Å². The molecular weight excluding hydrogens is 868 g/mol. The summed E-state index contributed by atoms with van der Waals surface area (Å²) in [5.74, 6) is 0. The van der Waals surface area contributed by atoms with Crippen molar-refractivity contribution in [2.75, 3.05) is 9.80 Å². The smallest absolute Gasteiger partial charge is 0.252 e. The molecule has 2 heterocycles. The van der Waals surface area contributed by atoms with Gasteiger partial charge >= 0.3 is 0 Å². The van der Waals surface area contributed by atoms with Gasteiger partial charge in [0.15, 0.2) is 0 Å². The van der Waals surface area contributed by atoms with Crippen molar-refractivity contribution < 1.29 is 0 Å². The molecular formula is C69H43BN2. The first-order valence-electron chi connectivity index (χ1n) is 25.5. The van der Waals surface area contributed by atoms with Gasteiger partial charge in [0.1, 0.15) is 0 Å². The number of hydrogen-bond acceptors (Lipinski definition) is 2. The molecule has 0 aromatic heterocycles. The minimum Gasteiger partial charge on any atom is -0.311 e. The Morgan fingerprint density at radius 2 is 0.625 bits per heavy atom. The number of fused-ring (bicyclic) bond motifs is 24. The van der Waals surface area contributed by atoms with E-state index in [-0.39, 0.29) is 6.71 Å². The number of hydrogen-bond donors (Lipinski definition) is 0. The summed E-state index contributed by atoms with van der Waals surface area (Å²) in [6.07, 6.45) is 0. The number of nitrogens with zero attached hydrogens (tertiary/aromatic N) is 2. The van der Waals surface area contributed by atoms with Gasteiger partial charge in [-0.15, -0.1) is 0 Å². The first-order valence-corrected chi connectivity index (χ1v) is 25.5. The molecule has 11 aromatic rings. The number of aryl methyl sites for hydroxylation is 1. The molecule has 0 radical (unpaired) electrons. The zero-order chi connectivity index (χ0) is 47.0. The van der Waals surface area contributed by atoms with Crippen LogP contribution in [0.3, 0.4) is 0 Å². The Bertz CT molecular complexity index is 4100. The molecule has 2 spiro atoms. The lowest BCUT2D eigenvalue weighted by atomic mass is 9.33. The van der Waals surface area contributed by atoms with Crippen LogP contribution in [0.1, 0.15) is 50.1 Å². The van der Waals surface area contributed by atoms with E-state index in [1.54, 1.807) is 0 Å². The summed E-state index contributed by atoms with van der Waals surface area (Å²) < 4.78 is 0. The van der Waals surface area contributed by atoms with Crippen LogP contribution in [-0.4, -0.2) is 6.71 Å². The molecule has 3 heteroatoms. The third-order valence-corrected chi connectivity index (χ3v) is 17.5. The van der Waals surface area contributed by atoms with Crippen LogP contribution in [0.25, 0.3) is 44.5 Å². The highest BCUT2D eigenvalue weighted by Crippen LogP contribution is 2.65. The molecule has 17 rings (SSSR count). The van der Waals surface area contributed by atoms with E-state index in [1.165, 1.54) is 145 Å². The van der Waals surface area contributed by atoms with Crippen LogP contribution in [0, 0.1) is 6.92 Å². The van der Waals surface area contributed by atoms with Gasteiger partial charge in [-0.2, -0.15) is 0 Å². The Labute approximate surface area is 419 Å². The van der Waals surface area contributed by atoms with Crippen LogP contribution in [0.2, 0.25) is 0 Å². The molecule has 0 amide bonds. The van der Waals surface area contributed by atoms with Gasteiger partial charge in [0, 0.05) is 34.1 Å². The number of benzene rings is 11. The van der Waals surface area contributed by atoms with Gasteiger partial charge in [-0.3, -0.25) is 0 Å². The molecule has 0 saturated carbocycles. The molecule has 2 nitrogen and oxygen atoms in total. The van der Waals surface area contributed by atoms with Gasteiger partial charge in [0.2, 0.25) is 0 Å². The van der Waals surface area contributed by atoms with Crippen LogP contribution in [0.15, 0.2) is 243 Å². The molecule has 11 aromatic carbocycles. The number of rotatable bonds is 2. The summed E-state index contributed by atoms with van der Waals surface area (Å²) in [5, 5.41) is 0. The maximum Gasteiger partial charge on any atom is 0.252 e. The van der Waals surface area contributed by atoms with Gasteiger partial charge in [0.05, 0.1) is 10.8 Å². The SMILES string of the molecule is Cc1ccc2c(c1)B1c3ccccc3N(c3ccc4c(c3)C3(c5ccccc5-c5ccccc53)c3ccccc3-4)c3cccc(c31)N2c1ccc2c(c1)C1(c3ccccc3-c3ccccc31)c1ccccc1-2. The van der Waals surface area contributed by atoms with E-state index in [2.05, 4.69) is 259 Å². The van der Waals surface area contributed by atoms with E-state index < -0.39 is 10.8 Å². The van der Waals surface area contributed by atoms with Crippen molar-refractivity contribution in [2.24, 2.45) is 0 Å².